The maximum absolute atomic E-state index is 12.3. The fraction of sp³-hybridized carbons (Fsp3) is 0. The van der Waals surface area contributed by atoms with Crippen LogP contribution in [0.4, 0.5) is 0 Å². The predicted octanol–water partition coefficient (Wildman–Crippen LogP) is 4.10. The van der Waals surface area contributed by atoms with Crippen LogP contribution in [0.1, 0.15) is 0 Å². The van der Waals surface area contributed by atoms with Crippen LogP contribution in [0.25, 0.3) is 22.4 Å². The first-order valence-corrected chi connectivity index (χ1v) is 6.70. The molecule has 4 nitrogen and oxygen atoms in total. The smallest absolute Gasteiger partial charge is 0.340 e. The summed E-state index contributed by atoms with van der Waals surface area (Å²) in [6, 6.07) is 9.42. The van der Waals surface area contributed by atoms with Crippen molar-refractivity contribution in [2.45, 2.75) is 0 Å². The Hall–Kier alpha value is -1.62. The van der Waals surface area contributed by atoms with Gasteiger partial charge in [0, 0.05) is 4.73 Å². The lowest BCUT2D eigenvalue weighted by Crippen LogP contribution is -2.28. The molecule has 3 aromatic rings. The van der Waals surface area contributed by atoms with Crippen LogP contribution in [0.5, 0.6) is 0 Å². The van der Waals surface area contributed by atoms with Crippen LogP contribution in [0, 0.1) is 5.21 Å². The van der Waals surface area contributed by atoms with E-state index in [1.165, 1.54) is 12.1 Å². The maximum atomic E-state index is 12.3. The molecule has 0 aliphatic heterocycles. The summed E-state index contributed by atoms with van der Waals surface area (Å²) in [5.41, 5.74) is 0.608. The van der Waals surface area contributed by atoms with Crippen molar-refractivity contribution in [2.75, 3.05) is 0 Å². The number of para-hydroxylation sites is 2. The maximum Gasteiger partial charge on any atom is 0.340 e. The minimum Gasteiger partial charge on any atom is -0.710 e. The van der Waals surface area contributed by atoms with E-state index in [4.69, 9.17) is 34.8 Å². The second-order valence-corrected chi connectivity index (χ2v) is 5.31. The van der Waals surface area contributed by atoms with Crippen molar-refractivity contribution in [2.24, 2.45) is 0 Å². The number of aromatic nitrogens is 2. The molecule has 0 aliphatic carbocycles. The van der Waals surface area contributed by atoms with E-state index in [-0.39, 0.29) is 37.5 Å². The third-order valence-corrected chi connectivity index (χ3v) is 4.09. The molecule has 0 N–H and O–H groups in total. The monoisotopic (exact) mass is 327 g/mol. The molecule has 7 heteroatoms. The number of benzene rings is 2. The van der Waals surface area contributed by atoms with Crippen LogP contribution in [0.3, 0.4) is 0 Å². The number of halogens is 3. The molecule has 0 unspecified atom stereocenters. The molecular formula is C13H6Cl3N2O2. The van der Waals surface area contributed by atoms with Gasteiger partial charge in [-0.05, 0) is 24.3 Å². The summed E-state index contributed by atoms with van der Waals surface area (Å²) < 4.78 is 1.01. The third-order valence-electron chi connectivity index (χ3n) is 2.97. The van der Waals surface area contributed by atoms with Gasteiger partial charge in [-0.15, -0.1) is 0 Å². The van der Waals surface area contributed by atoms with Crippen LogP contribution in [0.15, 0.2) is 36.4 Å². The molecule has 0 saturated carbocycles. The summed E-state index contributed by atoms with van der Waals surface area (Å²) in [4.78, 5) is 0. The Kier molecular flexibility index (Phi) is 3.17. The molecule has 0 atom stereocenters. The van der Waals surface area contributed by atoms with Crippen LogP contribution in [-0.4, -0.2) is 4.73 Å². The first-order valence-electron chi connectivity index (χ1n) is 5.56. The molecule has 0 saturated heterocycles. The lowest BCUT2D eigenvalue weighted by molar-refractivity contribution is -0.567. The predicted molar refractivity (Wildman–Crippen MR) is 77.4 cm³/mol. The van der Waals surface area contributed by atoms with E-state index in [2.05, 4.69) is 0 Å². The van der Waals surface area contributed by atoms with Gasteiger partial charge in [-0.2, -0.15) is 0 Å². The molecule has 0 amide bonds. The fourth-order valence-electron chi connectivity index (χ4n) is 2.05. The standard InChI is InChI=1S/C13H6Cl3N2O2/c14-7-5-6-8(15)12(16)11(7)13-17(19)9-3-1-2-4-10(9)18(13)20/h1-6H. The molecule has 2 aromatic carbocycles. The number of imidazole rings is 1. The number of fused-ring (bicyclic) bond motifs is 1. The van der Waals surface area contributed by atoms with Gasteiger partial charge in [0.15, 0.2) is 5.52 Å². The Morgan fingerprint density at radius 1 is 1.00 bits per heavy atom. The summed E-state index contributed by atoms with van der Waals surface area (Å²) in [5.74, 6) is -0.191. The van der Waals surface area contributed by atoms with E-state index >= 15 is 0 Å². The van der Waals surface area contributed by atoms with Gasteiger partial charge in [0.2, 0.25) is 5.52 Å². The van der Waals surface area contributed by atoms with E-state index in [9.17, 15) is 10.4 Å². The summed E-state index contributed by atoms with van der Waals surface area (Å²) in [5, 5.41) is 25.1. The highest BCUT2D eigenvalue weighted by atomic mass is 35.5. The van der Waals surface area contributed by atoms with Gasteiger partial charge < -0.3 is 5.21 Å². The van der Waals surface area contributed by atoms with Gasteiger partial charge >= 0.3 is 5.82 Å². The van der Waals surface area contributed by atoms with E-state index in [1.807, 2.05) is 0 Å². The molecule has 0 aliphatic rings. The summed E-state index contributed by atoms with van der Waals surface area (Å²) in [6.07, 6.45) is 0. The lowest BCUT2D eigenvalue weighted by atomic mass is 10.2. The topological polar surface area (TPSA) is 51.8 Å². The highest BCUT2D eigenvalue weighted by Gasteiger charge is 2.29. The summed E-state index contributed by atoms with van der Waals surface area (Å²) in [7, 11) is 0. The van der Waals surface area contributed by atoms with Crippen LogP contribution < -0.4 is 4.73 Å². The van der Waals surface area contributed by atoms with Crippen molar-refractivity contribution >= 4 is 45.8 Å². The van der Waals surface area contributed by atoms with Gasteiger partial charge in [0.05, 0.1) is 15.1 Å². The lowest BCUT2D eigenvalue weighted by Gasteiger charge is -2.07. The van der Waals surface area contributed by atoms with Gasteiger partial charge in [-0.25, -0.2) is 4.73 Å². The first kappa shape index (κ1) is 13.4. The van der Waals surface area contributed by atoms with Gasteiger partial charge in [-0.3, -0.25) is 0 Å². The van der Waals surface area contributed by atoms with Crippen molar-refractivity contribution in [3.63, 3.8) is 0 Å². The summed E-state index contributed by atoms with van der Waals surface area (Å²) >= 11 is 18.1. The largest absolute Gasteiger partial charge is 0.710 e. The number of rotatable bonds is 1. The number of nitrogens with zero attached hydrogens (tertiary/aromatic N) is 2. The SMILES string of the molecule is [O]n1c(-c2c(Cl)ccc(Cl)c2Cl)[n+]([O-])c2ccccc21. The molecule has 0 spiro atoms. The average molecular weight is 329 g/mol. The molecule has 1 radical (unpaired) electrons. The van der Waals surface area contributed by atoms with Gasteiger partial charge in [0.1, 0.15) is 5.56 Å². The van der Waals surface area contributed by atoms with E-state index < -0.39 is 0 Å². The average Bonchev–Trinajstić information content (AvgIpc) is 2.69. The third kappa shape index (κ3) is 1.80. The molecule has 0 fully saturated rings. The minimum atomic E-state index is -0.191. The highest BCUT2D eigenvalue weighted by Crippen LogP contribution is 2.38. The zero-order chi connectivity index (χ0) is 14.4. The Morgan fingerprint density at radius 3 is 2.35 bits per heavy atom. The van der Waals surface area contributed by atoms with Crippen LogP contribution in [0.2, 0.25) is 15.1 Å². The zero-order valence-electron chi connectivity index (χ0n) is 9.81. The van der Waals surface area contributed by atoms with Gasteiger partial charge in [-0.1, -0.05) is 52.1 Å². The van der Waals surface area contributed by atoms with Crippen LogP contribution in [-0.2, 0) is 5.21 Å². The second kappa shape index (κ2) is 4.74. The Bertz CT molecular complexity index is 791. The minimum absolute atomic E-state index is 0.0728. The van der Waals surface area contributed by atoms with Gasteiger partial charge in [0.25, 0.3) is 0 Å². The molecule has 20 heavy (non-hydrogen) atoms. The van der Waals surface area contributed by atoms with Crippen molar-refractivity contribution in [1.29, 1.82) is 0 Å². The van der Waals surface area contributed by atoms with E-state index in [0.717, 1.165) is 0 Å². The molecular weight excluding hydrogens is 323 g/mol. The fourth-order valence-corrected chi connectivity index (χ4v) is 2.75. The Balaban J connectivity index is 2.45. The zero-order valence-corrected chi connectivity index (χ0v) is 12.1. The van der Waals surface area contributed by atoms with E-state index in [0.29, 0.717) is 9.46 Å². The molecule has 101 valence electrons. The Labute approximate surface area is 128 Å². The van der Waals surface area contributed by atoms with Crippen molar-refractivity contribution < 1.29 is 9.94 Å². The number of hydrogen-bond donors (Lipinski definition) is 0. The second-order valence-electron chi connectivity index (χ2n) is 4.12. The summed E-state index contributed by atoms with van der Waals surface area (Å²) in [6.45, 7) is 0. The Morgan fingerprint density at radius 2 is 1.65 bits per heavy atom. The quantitative estimate of drug-likeness (QED) is 0.377. The molecule has 1 aromatic heterocycles. The normalized spacial score (nSPS) is 11.2. The van der Waals surface area contributed by atoms with Crippen molar-refractivity contribution in [1.82, 2.24) is 4.73 Å². The van der Waals surface area contributed by atoms with Crippen molar-refractivity contribution in [3.8, 4) is 11.4 Å². The molecule has 3 rings (SSSR count). The highest BCUT2D eigenvalue weighted by molar-refractivity contribution is 6.45. The van der Waals surface area contributed by atoms with E-state index in [1.54, 1.807) is 24.3 Å². The van der Waals surface area contributed by atoms with Crippen molar-refractivity contribution in [3.05, 3.63) is 56.7 Å². The van der Waals surface area contributed by atoms with Crippen LogP contribution >= 0.6 is 34.8 Å². The molecule has 0 bridgehead atoms. The first-order chi connectivity index (χ1) is 9.52. The number of hydrogen-bond acceptors (Lipinski definition) is 1. The molecule has 1 heterocycles.